The largest absolute Gasteiger partial charge is 0.260 e. The first-order valence-corrected chi connectivity index (χ1v) is 9.02. The summed E-state index contributed by atoms with van der Waals surface area (Å²) in [7, 11) is -1.83. The molecule has 0 N–H and O–H groups in total. The molecule has 2 rings (SSSR count). The first-order valence-electron chi connectivity index (χ1n) is 7.04. The number of nitrogens with zero attached hydrogens (tertiary/aromatic N) is 2. The average molecular weight is 317 g/mol. The molecule has 0 spiro atoms. The van der Waals surface area contributed by atoms with Gasteiger partial charge in [-0.15, -0.1) is 11.6 Å². The number of aromatic nitrogens is 1. The van der Waals surface area contributed by atoms with E-state index in [9.17, 15) is 8.42 Å². The van der Waals surface area contributed by atoms with Gasteiger partial charge in [-0.1, -0.05) is 31.7 Å². The van der Waals surface area contributed by atoms with Gasteiger partial charge >= 0.3 is 0 Å². The minimum absolute atomic E-state index is 0.0944. The molecular weight excluding hydrogens is 296 g/mol. The molecular formula is C14H21ClN2O2S. The fourth-order valence-electron chi connectivity index (χ4n) is 2.61. The van der Waals surface area contributed by atoms with Crippen LogP contribution in [0.4, 0.5) is 0 Å². The van der Waals surface area contributed by atoms with E-state index >= 15 is 0 Å². The smallest absolute Gasteiger partial charge is 0.243 e. The maximum atomic E-state index is 12.6. The van der Waals surface area contributed by atoms with Crippen molar-refractivity contribution < 1.29 is 8.42 Å². The second-order valence-electron chi connectivity index (χ2n) is 5.30. The van der Waals surface area contributed by atoms with Crippen LogP contribution in [-0.2, 0) is 15.9 Å². The highest BCUT2D eigenvalue weighted by Crippen LogP contribution is 2.25. The molecule has 0 amide bonds. The summed E-state index contributed by atoms with van der Waals surface area (Å²) >= 11 is 5.70. The van der Waals surface area contributed by atoms with Crippen LogP contribution in [0.5, 0.6) is 0 Å². The van der Waals surface area contributed by atoms with E-state index in [1.165, 1.54) is 23.3 Å². The molecule has 0 aromatic carbocycles. The Morgan fingerprint density at radius 2 is 1.90 bits per heavy atom. The zero-order valence-corrected chi connectivity index (χ0v) is 13.3. The van der Waals surface area contributed by atoms with Gasteiger partial charge in [-0.3, -0.25) is 0 Å². The third-order valence-electron chi connectivity index (χ3n) is 3.93. The maximum Gasteiger partial charge on any atom is 0.260 e. The number of halogens is 1. The van der Waals surface area contributed by atoms with Gasteiger partial charge in [0.1, 0.15) is 0 Å². The molecule has 20 heavy (non-hydrogen) atoms. The lowest BCUT2D eigenvalue weighted by atomic mass is 10.1. The van der Waals surface area contributed by atoms with E-state index in [1.807, 2.05) is 0 Å². The Bertz CT molecular complexity index is 523. The molecule has 1 fully saturated rings. The van der Waals surface area contributed by atoms with Crippen molar-refractivity contribution in [2.24, 2.45) is 0 Å². The van der Waals surface area contributed by atoms with Crippen LogP contribution in [-0.4, -0.2) is 30.8 Å². The molecule has 1 aromatic heterocycles. The number of hydrogen-bond acceptors (Lipinski definition) is 3. The lowest BCUT2D eigenvalue weighted by molar-refractivity contribution is 0.334. The average Bonchev–Trinajstić information content (AvgIpc) is 2.75. The standard InChI is InChI=1S/C14H21ClN2O2S/c1-17(13-6-4-2-3-5-7-13)20(18,19)14-9-8-12(10-15)11-16-14/h8-9,11,13H,2-7,10H2,1H3. The van der Waals surface area contributed by atoms with Crippen LogP contribution in [0.25, 0.3) is 0 Å². The number of sulfonamides is 1. The van der Waals surface area contributed by atoms with Crippen molar-refractivity contribution in [3.05, 3.63) is 23.9 Å². The number of rotatable bonds is 4. The third-order valence-corrected chi connectivity index (χ3v) is 6.07. The summed E-state index contributed by atoms with van der Waals surface area (Å²) in [5.74, 6) is 0.339. The number of hydrogen-bond donors (Lipinski definition) is 0. The second-order valence-corrected chi connectivity index (χ2v) is 7.52. The van der Waals surface area contributed by atoms with Gasteiger partial charge in [-0.05, 0) is 24.5 Å². The van der Waals surface area contributed by atoms with Gasteiger partial charge < -0.3 is 0 Å². The van der Waals surface area contributed by atoms with Crippen molar-refractivity contribution in [1.29, 1.82) is 0 Å². The van der Waals surface area contributed by atoms with Crippen LogP contribution in [0.1, 0.15) is 44.1 Å². The Labute approximate surface area is 126 Å². The molecule has 0 bridgehead atoms. The van der Waals surface area contributed by atoms with Gasteiger partial charge in [0.05, 0.1) is 0 Å². The Morgan fingerprint density at radius 1 is 1.25 bits per heavy atom. The molecule has 1 saturated carbocycles. The highest BCUT2D eigenvalue weighted by Gasteiger charge is 2.29. The fraction of sp³-hybridized carbons (Fsp3) is 0.643. The first kappa shape index (κ1) is 15.7. The van der Waals surface area contributed by atoms with Crippen LogP contribution in [0.15, 0.2) is 23.4 Å². The van der Waals surface area contributed by atoms with Gasteiger partial charge in [0.2, 0.25) is 0 Å². The first-order chi connectivity index (χ1) is 9.55. The predicted molar refractivity (Wildman–Crippen MR) is 80.2 cm³/mol. The Balaban J connectivity index is 2.18. The van der Waals surface area contributed by atoms with E-state index in [2.05, 4.69) is 4.98 Å². The molecule has 0 atom stereocenters. The van der Waals surface area contributed by atoms with E-state index in [0.717, 1.165) is 31.2 Å². The summed E-state index contributed by atoms with van der Waals surface area (Å²) in [4.78, 5) is 4.05. The Morgan fingerprint density at radius 3 is 2.40 bits per heavy atom. The molecule has 1 aliphatic rings. The molecule has 1 heterocycles. The number of alkyl halides is 1. The van der Waals surface area contributed by atoms with Gasteiger partial charge in [-0.2, -0.15) is 4.31 Å². The third kappa shape index (κ3) is 3.51. The van der Waals surface area contributed by atoms with Crippen molar-refractivity contribution in [2.75, 3.05) is 7.05 Å². The molecule has 0 saturated heterocycles. The fourth-order valence-corrected chi connectivity index (χ4v) is 4.09. The van der Waals surface area contributed by atoms with Gasteiger partial charge in [0, 0.05) is 25.2 Å². The molecule has 6 heteroatoms. The Kier molecular flexibility index (Phi) is 5.41. The molecule has 1 aromatic rings. The van der Waals surface area contributed by atoms with Crippen LogP contribution in [0.2, 0.25) is 0 Å². The normalized spacial score (nSPS) is 18.1. The highest BCUT2D eigenvalue weighted by atomic mass is 35.5. The summed E-state index contributed by atoms with van der Waals surface area (Å²) in [6.07, 6.45) is 8.01. The van der Waals surface area contributed by atoms with Gasteiger partial charge in [-0.25, -0.2) is 13.4 Å². The molecule has 0 aliphatic heterocycles. The molecule has 0 unspecified atom stereocenters. The monoisotopic (exact) mass is 316 g/mol. The maximum absolute atomic E-state index is 12.6. The van der Waals surface area contributed by atoms with Crippen LogP contribution >= 0.6 is 11.6 Å². The molecule has 4 nitrogen and oxygen atoms in total. The topological polar surface area (TPSA) is 50.3 Å². The van der Waals surface area contributed by atoms with E-state index in [0.29, 0.717) is 5.88 Å². The lowest BCUT2D eigenvalue weighted by Crippen LogP contribution is -2.37. The zero-order chi connectivity index (χ0) is 14.6. The van der Waals surface area contributed by atoms with Crippen molar-refractivity contribution in [3.63, 3.8) is 0 Å². The van der Waals surface area contributed by atoms with Crippen molar-refractivity contribution in [1.82, 2.24) is 9.29 Å². The Hall–Kier alpha value is -0.650. The SMILES string of the molecule is CN(C1CCCCCC1)S(=O)(=O)c1ccc(CCl)cn1. The summed E-state index contributed by atoms with van der Waals surface area (Å²) in [5.41, 5.74) is 0.822. The summed E-state index contributed by atoms with van der Waals surface area (Å²) in [6.45, 7) is 0. The van der Waals surface area contributed by atoms with E-state index in [-0.39, 0.29) is 11.1 Å². The van der Waals surface area contributed by atoms with Crippen molar-refractivity contribution >= 4 is 21.6 Å². The predicted octanol–water partition coefficient (Wildman–Crippen LogP) is 3.16. The summed E-state index contributed by atoms with van der Waals surface area (Å²) < 4.78 is 26.6. The van der Waals surface area contributed by atoms with E-state index < -0.39 is 10.0 Å². The highest BCUT2D eigenvalue weighted by molar-refractivity contribution is 7.89. The second kappa shape index (κ2) is 6.87. The van der Waals surface area contributed by atoms with E-state index in [1.54, 1.807) is 19.2 Å². The van der Waals surface area contributed by atoms with Crippen molar-refractivity contribution in [3.8, 4) is 0 Å². The quantitative estimate of drug-likeness (QED) is 0.633. The summed E-state index contributed by atoms with van der Waals surface area (Å²) in [5, 5.41) is 0.109. The van der Waals surface area contributed by atoms with Gasteiger partial charge in [0.25, 0.3) is 10.0 Å². The number of pyridine rings is 1. The molecule has 112 valence electrons. The minimum atomic E-state index is -3.50. The van der Waals surface area contributed by atoms with Crippen LogP contribution < -0.4 is 0 Å². The van der Waals surface area contributed by atoms with Crippen LogP contribution in [0, 0.1) is 0 Å². The van der Waals surface area contributed by atoms with Crippen LogP contribution in [0.3, 0.4) is 0 Å². The minimum Gasteiger partial charge on any atom is -0.243 e. The van der Waals surface area contributed by atoms with Gasteiger partial charge in [0.15, 0.2) is 5.03 Å². The summed E-state index contributed by atoms with van der Waals surface area (Å²) in [6, 6.07) is 3.35. The molecule has 1 aliphatic carbocycles. The molecule has 0 radical (unpaired) electrons. The lowest BCUT2D eigenvalue weighted by Gasteiger charge is -2.26. The van der Waals surface area contributed by atoms with E-state index in [4.69, 9.17) is 11.6 Å². The van der Waals surface area contributed by atoms with Crippen molar-refractivity contribution in [2.45, 2.75) is 55.5 Å². The zero-order valence-electron chi connectivity index (χ0n) is 11.8.